The van der Waals surface area contributed by atoms with Gasteiger partial charge in [0.1, 0.15) is 17.5 Å². The first kappa shape index (κ1) is 24.8. The monoisotopic (exact) mass is 506 g/mol. The first-order chi connectivity index (χ1) is 17.4. The topological polar surface area (TPSA) is 87.7 Å². The number of ether oxygens (including phenoxy) is 1. The lowest BCUT2D eigenvalue weighted by molar-refractivity contribution is -0.107. The summed E-state index contributed by atoms with van der Waals surface area (Å²) >= 11 is 0. The van der Waals surface area contributed by atoms with Crippen LogP contribution in [0.5, 0.6) is 5.75 Å². The Hall–Kier alpha value is -2.87. The number of anilines is 1. The van der Waals surface area contributed by atoms with Crippen LogP contribution in [0.2, 0.25) is 0 Å². The van der Waals surface area contributed by atoms with Crippen molar-refractivity contribution < 1.29 is 18.3 Å². The minimum Gasteiger partial charge on any atom is -0.484 e. The highest BCUT2D eigenvalue weighted by atomic mass is 32.2. The molecule has 2 aliphatic rings. The molecule has 190 valence electrons. The molecule has 1 aliphatic carbocycles. The van der Waals surface area contributed by atoms with Crippen LogP contribution in [0.15, 0.2) is 77.7 Å². The number of aliphatic hydroxyl groups excluding tert-OH is 1. The van der Waals surface area contributed by atoms with E-state index < -0.39 is 21.7 Å². The molecule has 1 fully saturated rings. The molecule has 6 nitrogen and oxygen atoms in total. The summed E-state index contributed by atoms with van der Waals surface area (Å²) in [5.41, 5.74) is 3.11. The highest BCUT2D eigenvalue weighted by molar-refractivity contribution is 7.92. The van der Waals surface area contributed by atoms with E-state index in [1.165, 1.54) is 6.42 Å². The Bertz CT molecular complexity index is 1280. The zero-order chi connectivity index (χ0) is 25.2. The number of nitrogens with one attached hydrogen (secondary N) is 2. The molecule has 0 aromatic heterocycles. The van der Waals surface area contributed by atoms with Gasteiger partial charge in [-0.05, 0) is 81.5 Å². The molecule has 7 heteroatoms. The van der Waals surface area contributed by atoms with E-state index in [1.807, 2.05) is 43.3 Å². The van der Waals surface area contributed by atoms with E-state index in [9.17, 15) is 13.5 Å². The van der Waals surface area contributed by atoms with Crippen molar-refractivity contribution >= 4 is 15.7 Å². The van der Waals surface area contributed by atoms with Crippen molar-refractivity contribution in [3.05, 3.63) is 89.5 Å². The predicted octanol–water partition coefficient (Wildman–Crippen LogP) is 5.13. The smallest absolute Gasteiger partial charge is 0.261 e. The average Bonchev–Trinajstić information content (AvgIpc) is 2.88. The van der Waals surface area contributed by atoms with Crippen molar-refractivity contribution in [2.45, 2.75) is 68.1 Å². The van der Waals surface area contributed by atoms with Gasteiger partial charge in [-0.15, -0.1) is 0 Å². The summed E-state index contributed by atoms with van der Waals surface area (Å²) in [5.74, 6) is 0.868. The molecule has 5 rings (SSSR count). The number of aliphatic hydroxyl groups is 1. The van der Waals surface area contributed by atoms with Crippen molar-refractivity contribution in [1.82, 2.24) is 5.32 Å². The molecule has 1 spiro atoms. The fourth-order valence-electron chi connectivity index (χ4n) is 5.40. The maximum Gasteiger partial charge on any atom is 0.261 e. The van der Waals surface area contributed by atoms with Gasteiger partial charge in [-0.3, -0.25) is 4.72 Å². The van der Waals surface area contributed by atoms with Gasteiger partial charge < -0.3 is 15.2 Å². The Morgan fingerprint density at radius 3 is 2.36 bits per heavy atom. The van der Waals surface area contributed by atoms with Crippen LogP contribution >= 0.6 is 0 Å². The first-order valence-electron chi connectivity index (χ1n) is 12.7. The number of hydrogen-bond acceptors (Lipinski definition) is 5. The van der Waals surface area contributed by atoms with E-state index >= 15 is 0 Å². The van der Waals surface area contributed by atoms with E-state index in [2.05, 4.69) is 10.0 Å². The van der Waals surface area contributed by atoms with Crippen molar-refractivity contribution in [2.75, 3.05) is 11.3 Å². The van der Waals surface area contributed by atoms with Gasteiger partial charge in [0.2, 0.25) is 0 Å². The van der Waals surface area contributed by atoms with Crippen LogP contribution in [0, 0.1) is 6.92 Å². The van der Waals surface area contributed by atoms with Crippen LogP contribution in [0.1, 0.15) is 54.8 Å². The summed E-state index contributed by atoms with van der Waals surface area (Å²) < 4.78 is 34.4. The van der Waals surface area contributed by atoms with E-state index in [1.54, 1.807) is 36.4 Å². The summed E-state index contributed by atoms with van der Waals surface area (Å²) in [4.78, 5) is 0.243. The molecule has 1 saturated carbocycles. The van der Waals surface area contributed by atoms with E-state index in [-0.39, 0.29) is 10.9 Å². The van der Waals surface area contributed by atoms with Gasteiger partial charge >= 0.3 is 0 Å². The molecule has 1 heterocycles. The summed E-state index contributed by atoms with van der Waals surface area (Å²) in [5, 5.41) is 15.0. The SMILES string of the molecule is Cc1ccc(S(=O)(=O)Nc2ccc(CCNC3c4ccccc4OC4(CCCCC4)C3O)cc2)cc1. The summed E-state index contributed by atoms with van der Waals surface area (Å²) in [6.45, 7) is 2.60. The van der Waals surface area contributed by atoms with Crippen molar-refractivity contribution in [1.29, 1.82) is 0 Å². The van der Waals surface area contributed by atoms with Gasteiger partial charge in [-0.25, -0.2) is 8.42 Å². The van der Waals surface area contributed by atoms with Gasteiger partial charge in [0, 0.05) is 11.3 Å². The molecule has 3 N–H and O–H groups in total. The molecule has 36 heavy (non-hydrogen) atoms. The van der Waals surface area contributed by atoms with Crippen molar-refractivity contribution in [3.8, 4) is 5.75 Å². The Kier molecular flexibility index (Phi) is 7.06. The van der Waals surface area contributed by atoms with E-state index in [0.717, 1.165) is 54.5 Å². The molecule has 0 saturated heterocycles. The summed E-state index contributed by atoms with van der Waals surface area (Å²) in [7, 11) is -3.62. The molecule has 3 aromatic rings. The average molecular weight is 507 g/mol. The first-order valence-corrected chi connectivity index (χ1v) is 14.2. The lowest BCUT2D eigenvalue weighted by Gasteiger charge is -2.48. The molecule has 2 atom stereocenters. The van der Waals surface area contributed by atoms with Gasteiger partial charge in [0.15, 0.2) is 0 Å². The second-order valence-corrected chi connectivity index (χ2v) is 11.7. The molecule has 3 aromatic carbocycles. The third kappa shape index (κ3) is 5.14. The maximum atomic E-state index is 12.6. The number of aryl methyl sites for hydroxylation is 1. The lowest BCUT2D eigenvalue weighted by Crippen LogP contribution is -2.57. The quantitative estimate of drug-likeness (QED) is 0.414. The van der Waals surface area contributed by atoms with Gasteiger partial charge in [-0.1, -0.05) is 54.4 Å². The Morgan fingerprint density at radius 2 is 1.64 bits per heavy atom. The number of benzene rings is 3. The molecular weight excluding hydrogens is 472 g/mol. The molecule has 1 aliphatic heterocycles. The Balaban J connectivity index is 1.23. The number of fused-ring (bicyclic) bond motifs is 1. The fraction of sp³-hybridized carbons (Fsp3) is 0.379. The van der Waals surface area contributed by atoms with Crippen LogP contribution in [0.25, 0.3) is 0 Å². The summed E-state index contributed by atoms with van der Waals surface area (Å²) in [6.07, 6.45) is 5.24. The second kappa shape index (κ2) is 10.2. The van der Waals surface area contributed by atoms with Crippen LogP contribution in [0.3, 0.4) is 0 Å². The van der Waals surface area contributed by atoms with E-state index in [4.69, 9.17) is 4.74 Å². The molecular formula is C29H34N2O4S. The standard InChI is InChI=1S/C29H34N2O4S/c1-21-9-15-24(16-10-21)36(33,34)31-23-13-11-22(12-14-23)17-20-30-27-25-7-3-4-8-26(25)35-29(28(27)32)18-5-2-6-19-29/h3-4,7-16,27-28,30-32H,2,5-6,17-20H2,1H3. The minimum atomic E-state index is -3.62. The zero-order valence-corrected chi connectivity index (χ0v) is 21.4. The normalized spacial score (nSPS) is 20.9. The third-order valence-electron chi connectivity index (χ3n) is 7.44. The van der Waals surface area contributed by atoms with Crippen LogP contribution < -0.4 is 14.8 Å². The maximum absolute atomic E-state index is 12.6. The zero-order valence-electron chi connectivity index (χ0n) is 20.6. The van der Waals surface area contributed by atoms with E-state index in [0.29, 0.717) is 12.2 Å². The Labute approximate surface area is 213 Å². The largest absolute Gasteiger partial charge is 0.484 e. The lowest BCUT2D eigenvalue weighted by atomic mass is 9.75. The molecule has 0 bridgehead atoms. The molecule has 0 radical (unpaired) electrons. The van der Waals surface area contributed by atoms with Crippen molar-refractivity contribution in [2.24, 2.45) is 0 Å². The highest BCUT2D eigenvalue weighted by Crippen LogP contribution is 2.46. The third-order valence-corrected chi connectivity index (χ3v) is 8.83. The van der Waals surface area contributed by atoms with Crippen molar-refractivity contribution in [3.63, 3.8) is 0 Å². The molecule has 0 amide bonds. The molecule has 2 unspecified atom stereocenters. The number of rotatable bonds is 7. The number of para-hydroxylation sites is 1. The number of sulfonamides is 1. The van der Waals surface area contributed by atoms with Crippen LogP contribution in [-0.4, -0.2) is 31.8 Å². The summed E-state index contributed by atoms with van der Waals surface area (Å²) in [6, 6.07) is 22.1. The minimum absolute atomic E-state index is 0.186. The second-order valence-electron chi connectivity index (χ2n) is 10.0. The van der Waals surface area contributed by atoms with Gasteiger partial charge in [0.05, 0.1) is 10.9 Å². The number of hydrogen-bond donors (Lipinski definition) is 3. The predicted molar refractivity (Wildman–Crippen MR) is 142 cm³/mol. The Morgan fingerprint density at radius 1 is 0.944 bits per heavy atom. The van der Waals surface area contributed by atoms with Gasteiger partial charge in [-0.2, -0.15) is 0 Å². The van der Waals surface area contributed by atoms with Crippen LogP contribution in [0.4, 0.5) is 5.69 Å². The fourth-order valence-corrected chi connectivity index (χ4v) is 6.45. The highest BCUT2D eigenvalue weighted by Gasteiger charge is 2.49. The van der Waals surface area contributed by atoms with Gasteiger partial charge in [0.25, 0.3) is 10.0 Å². The van der Waals surface area contributed by atoms with Crippen LogP contribution in [-0.2, 0) is 16.4 Å².